The van der Waals surface area contributed by atoms with Gasteiger partial charge in [0.1, 0.15) is 6.04 Å². The van der Waals surface area contributed by atoms with Crippen LogP contribution in [0.15, 0.2) is 0 Å². The molecule has 1 amide bonds. The van der Waals surface area contributed by atoms with E-state index in [2.05, 4.69) is 10.6 Å². The number of alkyl halides is 3. The van der Waals surface area contributed by atoms with Crippen molar-refractivity contribution in [3.63, 3.8) is 0 Å². The Morgan fingerprint density at radius 1 is 1.23 bits per heavy atom. The van der Waals surface area contributed by atoms with E-state index in [9.17, 15) is 18.0 Å². The van der Waals surface area contributed by atoms with E-state index in [-0.39, 0.29) is 36.7 Å². The monoisotopic (exact) mass is 345 g/mol. The standard InChI is InChI=1S/C14H26F3N3O.ClH/c1-13(2,3)5-4-12(21)19-10-11(14(15,16)17)20-8-6-18-7-9-20;/h11,18H,4-10H2,1-3H3,(H,19,21);1H. The minimum atomic E-state index is -4.32. The van der Waals surface area contributed by atoms with Crippen LogP contribution in [0, 0.1) is 5.41 Å². The minimum absolute atomic E-state index is 0. The zero-order valence-corrected chi connectivity index (χ0v) is 14.2. The third-order valence-corrected chi connectivity index (χ3v) is 3.56. The van der Waals surface area contributed by atoms with Crippen LogP contribution in [0.25, 0.3) is 0 Å². The molecule has 1 aliphatic heterocycles. The number of carbonyl (C=O) groups excluding carboxylic acids is 1. The van der Waals surface area contributed by atoms with Crippen molar-refractivity contribution in [2.24, 2.45) is 5.41 Å². The first kappa shape index (κ1) is 21.5. The molecule has 0 aromatic rings. The lowest BCUT2D eigenvalue weighted by Crippen LogP contribution is -2.57. The van der Waals surface area contributed by atoms with E-state index in [1.54, 1.807) is 0 Å². The van der Waals surface area contributed by atoms with Crippen LogP contribution < -0.4 is 10.6 Å². The lowest BCUT2D eigenvalue weighted by atomic mass is 9.90. The molecule has 0 aromatic heterocycles. The lowest BCUT2D eigenvalue weighted by Gasteiger charge is -2.36. The van der Waals surface area contributed by atoms with Crippen molar-refractivity contribution in [2.75, 3.05) is 32.7 Å². The van der Waals surface area contributed by atoms with Crippen molar-refractivity contribution in [2.45, 2.75) is 45.8 Å². The Morgan fingerprint density at radius 3 is 2.23 bits per heavy atom. The molecule has 22 heavy (non-hydrogen) atoms. The van der Waals surface area contributed by atoms with Gasteiger partial charge in [0.2, 0.25) is 5.91 Å². The van der Waals surface area contributed by atoms with E-state index in [0.717, 1.165) is 0 Å². The predicted molar refractivity (Wildman–Crippen MR) is 83.2 cm³/mol. The number of hydrogen-bond donors (Lipinski definition) is 2. The van der Waals surface area contributed by atoms with Gasteiger partial charge in [0, 0.05) is 39.1 Å². The first-order valence-electron chi connectivity index (χ1n) is 7.38. The molecule has 0 spiro atoms. The van der Waals surface area contributed by atoms with Gasteiger partial charge in [-0.2, -0.15) is 13.2 Å². The third-order valence-electron chi connectivity index (χ3n) is 3.56. The molecule has 0 aromatic carbocycles. The Kier molecular flexibility index (Phi) is 8.72. The molecule has 0 bridgehead atoms. The highest BCUT2D eigenvalue weighted by Gasteiger charge is 2.43. The van der Waals surface area contributed by atoms with E-state index < -0.39 is 12.2 Å². The molecular weight excluding hydrogens is 319 g/mol. The van der Waals surface area contributed by atoms with Crippen LogP contribution in [0.2, 0.25) is 0 Å². The summed E-state index contributed by atoms with van der Waals surface area (Å²) in [6.07, 6.45) is -3.41. The zero-order valence-electron chi connectivity index (χ0n) is 13.4. The summed E-state index contributed by atoms with van der Waals surface area (Å²) >= 11 is 0. The number of nitrogens with one attached hydrogen (secondary N) is 2. The summed E-state index contributed by atoms with van der Waals surface area (Å²) in [5.74, 6) is -0.311. The van der Waals surface area contributed by atoms with Crippen LogP contribution in [0.4, 0.5) is 13.2 Å². The van der Waals surface area contributed by atoms with Crippen molar-refractivity contribution < 1.29 is 18.0 Å². The lowest BCUT2D eigenvalue weighted by molar-refractivity contribution is -0.184. The average Bonchev–Trinajstić information content (AvgIpc) is 2.35. The van der Waals surface area contributed by atoms with Gasteiger partial charge in [0.05, 0.1) is 0 Å². The maximum Gasteiger partial charge on any atom is 0.405 e. The second kappa shape index (κ2) is 8.93. The number of carbonyl (C=O) groups is 1. The van der Waals surface area contributed by atoms with Crippen LogP contribution in [0.1, 0.15) is 33.6 Å². The molecule has 0 aliphatic carbocycles. The van der Waals surface area contributed by atoms with Gasteiger partial charge in [0.15, 0.2) is 0 Å². The topological polar surface area (TPSA) is 44.4 Å². The van der Waals surface area contributed by atoms with Crippen molar-refractivity contribution >= 4 is 18.3 Å². The quantitative estimate of drug-likeness (QED) is 0.803. The fraction of sp³-hybridized carbons (Fsp3) is 0.929. The van der Waals surface area contributed by atoms with Crippen molar-refractivity contribution in [3.8, 4) is 0 Å². The Balaban J connectivity index is 0.00000441. The SMILES string of the molecule is CC(C)(C)CCC(=O)NCC(N1CCNCC1)C(F)(F)F.Cl. The summed E-state index contributed by atoms with van der Waals surface area (Å²) in [7, 11) is 0. The zero-order chi connectivity index (χ0) is 16.1. The minimum Gasteiger partial charge on any atom is -0.354 e. The first-order valence-corrected chi connectivity index (χ1v) is 7.38. The van der Waals surface area contributed by atoms with Crippen LogP contribution in [0.5, 0.6) is 0 Å². The summed E-state index contributed by atoms with van der Waals surface area (Å²) < 4.78 is 39.4. The number of halogens is 4. The van der Waals surface area contributed by atoms with E-state index in [1.807, 2.05) is 20.8 Å². The van der Waals surface area contributed by atoms with Crippen LogP contribution in [-0.4, -0.2) is 55.7 Å². The maximum absolute atomic E-state index is 13.1. The molecular formula is C14H27ClF3N3O. The van der Waals surface area contributed by atoms with Gasteiger partial charge in [0.25, 0.3) is 0 Å². The summed E-state index contributed by atoms with van der Waals surface area (Å²) in [5, 5.41) is 5.46. The van der Waals surface area contributed by atoms with Gasteiger partial charge in [-0.1, -0.05) is 20.8 Å². The van der Waals surface area contributed by atoms with E-state index in [1.165, 1.54) is 4.90 Å². The number of amides is 1. The van der Waals surface area contributed by atoms with Gasteiger partial charge in [-0.3, -0.25) is 9.69 Å². The van der Waals surface area contributed by atoms with Crippen LogP contribution in [0.3, 0.4) is 0 Å². The predicted octanol–water partition coefficient (Wildman–Crippen LogP) is 2.19. The van der Waals surface area contributed by atoms with Gasteiger partial charge >= 0.3 is 6.18 Å². The van der Waals surface area contributed by atoms with Crippen molar-refractivity contribution in [3.05, 3.63) is 0 Å². The van der Waals surface area contributed by atoms with Crippen molar-refractivity contribution in [1.82, 2.24) is 15.5 Å². The normalized spacial score (nSPS) is 18.5. The van der Waals surface area contributed by atoms with E-state index in [4.69, 9.17) is 0 Å². The van der Waals surface area contributed by atoms with E-state index in [0.29, 0.717) is 32.6 Å². The van der Waals surface area contributed by atoms with Gasteiger partial charge < -0.3 is 10.6 Å². The molecule has 132 valence electrons. The second-order valence-electron chi connectivity index (χ2n) is 6.71. The largest absolute Gasteiger partial charge is 0.405 e. The first-order chi connectivity index (χ1) is 9.59. The third kappa shape index (κ3) is 8.19. The Labute approximate surface area is 136 Å². The van der Waals surface area contributed by atoms with Crippen LogP contribution in [-0.2, 0) is 4.79 Å². The van der Waals surface area contributed by atoms with Crippen LogP contribution >= 0.6 is 12.4 Å². The molecule has 0 saturated carbocycles. The molecule has 4 nitrogen and oxygen atoms in total. The van der Waals surface area contributed by atoms with Gasteiger partial charge in [-0.25, -0.2) is 0 Å². The van der Waals surface area contributed by atoms with Gasteiger partial charge in [-0.05, 0) is 11.8 Å². The number of rotatable bonds is 5. The highest BCUT2D eigenvalue weighted by atomic mass is 35.5. The molecule has 1 fully saturated rings. The molecule has 1 unspecified atom stereocenters. The Hall–Kier alpha value is -0.530. The summed E-state index contributed by atoms with van der Waals surface area (Å²) in [4.78, 5) is 13.1. The number of piperazine rings is 1. The molecule has 1 saturated heterocycles. The smallest absolute Gasteiger partial charge is 0.354 e. The molecule has 0 radical (unpaired) electrons. The average molecular weight is 346 g/mol. The molecule has 1 aliphatic rings. The highest BCUT2D eigenvalue weighted by Crippen LogP contribution is 2.25. The summed E-state index contributed by atoms with van der Waals surface area (Å²) in [5.41, 5.74) is -0.000687. The summed E-state index contributed by atoms with van der Waals surface area (Å²) in [6, 6.07) is -1.60. The second-order valence-corrected chi connectivity index (χ2v) is 6.71. The molecule has 1 rings (SSSR count). The molecule has 1 atom stereocenters. The Bertz CT molecular complexity index is 339. The number of hydrogen-bond acceptors (Lipinski definition) is 3. The molecule has 1 heterocycles. The van der Waals surface area contributed by atoms with Gasteiger partial charge in [-0.15, -0.1) is 12.4 Å². The fourth-order valence-corrected chi connectivity index (χ4v) is 2.23. The molecule has 8 heteroatoms. The fourth-order valence-electron chi connectivity index (χ4n) is 2.23. The van der Waals surface area contributed by atoms with E-state index >= 15 is 0 Å². The number of nitrogens with zero attached hydrogens (tertiary/aromatic N) is 1. The van der Waals surface area contributed by atoms with Crippen molar-refractivity contribution in [1.29, 1.82) is 0 Å². The Morgan fingerprint density at radius 2 is 1.77 bits per heavy atom. The molecule has 2 N–H and O–H groups in total. The summed E-state index contributed by atoms with van der Waals surface area (Å²) in [6.45, 7) is 7.42. The highest BCUT2D eigenvalue weighted by molar-refractivity contribution is 5.85. The maximum atomic E-state index is 13.1.